The van der Waals surface area contributed by atoms with Gasteiger partial charge in [-0.15, -0.1) is 0 Å². The number of aromatic nitrogens is 3. The van der Waals surface area contributed by atoms with Crippen LogP contribution in [-0.4, -0.2) is 33.0 Å². The molecule has 1 amide bonds. The highest BCUT2D eigenvalue weighted by atomic mass is 16.5. The van der Waals surface area contributed by atoms with E-state index in [9.17, 15) is 4.79 Å². The first-order chi connectivity index (χ1) is 13.6. The molecular formula is C21H18N4O3. The Morgan fingerprint density at radius 1 is 1.07 bits per heavy atom. The SMILES string of the molecule is Cc1ccc(-c2cccc(C(=O)N(C)Cc3nc(-c4ccncc4)no3)c2)o1. The highest BCUT2D eigenvalue weighted by molar-refractivity contribution is 5.95. The molecule has 0 N–H and O–H groups in total. The number of benzene rings is 1. The van der Waals surface area contributed by atoms with Crippen molar-refractivity contribution in [1.82, 2.24) is 20.0 Å². The Morgan fingerprint density at radius 2 is 1.89 bits per heavy atom. The van der Waals surface area contributed by atoms with Crippen molar-refractivity contribution >= 4 is 5.91 Å². The third-order valence-corrected chi connectivity index (χ3v) is 4.26. The largest absolute Gasteiger partial charge is 0.461 e. The predicted octanol–water partition coefficient (Wildman–Crippen LogP) is 3.97. The molecule has 0 bridgehead atoms. The fraction of sp³-hybridized carbons (Fsp3) is 0.143. The van der Waals surface area contributed by atoms with Crippen molar-refractivity contribution in [2.75, 3.05) is 7.05 Å². The zero-order chi connectivity index (χ0) is 19.5. The van der Waals surface area contributed by atoms with Crippen LogP contribution in [0.1, 0.15) is 22.0 Å². The summed E-state index contributed by atoms with van der Waals surface area (Å²) < 4.78 is 10.9. The molecule has 0 aliphatic heterocycles. The number of rotatable bonds is 5. The first-order valence-electron chi connectivity index (χ1n) is 8.75. The van der Waals surface area contributed by atoms with Crippen LogP contribution in [0.15, 0.2) is 69.9 Å². The molecule has 7 heteroatoms. The lowest BCUT2D eigenvalue weighted by atomic mass is 10.1. The molecule has 4 aromatic rings. The van der Waals surface area contributed by atoms with Gasteiger partial charge in [-0.3, -0.25) is 9.78 Å². The number of carbonyl (C=O) groups excluding carboxylic acids is 1. The molecule has 0 atom stereocenters. The van der Waals surface area contributed by atoms with Crippen molar-refractivity contribution in [3.05, 3.63) is 78.1 Å². The van der Waals surface area contributed by atoms with Crippen LogP contribution < -0.4 is 0 Å². The van der Waals surface area contributed by atoms with Gasteiger partial charge in [-0.2, -0.15) is 4.98 Å². The summed E-state index contributed by atoms with van der Waals surface area (Å²) in [6.45, 7) is 2.10. The summed E-state index contributed by atoms with van der Waals surface area (Å²) in [5, 5.41) is 3.96. The Bertz CT molecular complexity index is 1100. The molecule has 28 heavy (non-hydrogen) atoms. The number of hydrogen-bond donors (Lipinski definition) is 0. The molecule has 3 heterocycles. The van der Waals surface area contributed by atoms with Gasteiger partial charge in [0.1, 0.15) is 11.5 Å². The van der Waals surface area contributed by atoms with Crippen LogP contribution in [0.25, 0.3) is 22.7 Å². The molecule has 1 aromatic carbocycles. The Labute approximate surface area is 161 Å². The van der Waals surface area contributed by atoms with E-state index < -0.39 is 0 Å². The molecule has 0 saturated carbocycles. The fourth-order valence-electron chi connectivity index (χ4n) is 2.83. The van der Waals surface area contributed by atoms with Crippen LogP contribution in [0, 0.1) is 6.92 Å². The van der Waals surface area contributed by atoms with E-state index in [1.54, 1.807) is 37.6 Å². The molecule has 140 valence electrons. The highest BCUT2D eigenvalue weighted by Crippen LogP contribution is 2.23. The molecule has 0 aliphatic rings. The quantitative estimate of drug-likeness (QED) is 0.525. The van der Waals surface area contributed by atoms with Crippen LogP contribution >= 0.6 is 0 Å². The lowest BCUT2D eigenvalue weighted by Gasteiger charge is -2.15. The average Bonchev–Trinajstić information content (AvgIpc) is 3.37. The molecule has 0 fully saturated rings. The molecular weight excluding hydrogens is 356 g/mol. The topological polar surface area (TPSA) is 85.3 Å². The van der Waals surface area contributed by atoms with Gasteiger partial charge in [0.15, 0.2) is 0 Å². The zero-order valence-electron chi connectivity index (χ0n) is 15.5. The predicted molar refractivity (Wildman–Crippen MR) is 102 cm³/mol. The van der Waals surface area contributed by atoms with E-state index in [1.165, 1.54) is 4.90 Å². The van der Waals surface area contributed by atoms with Crippen molar-refractivity contribution in [2.24, 2.45) is 0 Å². The van der Waals surface area contributed by atoms with Crippen LogP contribution in [0.4, 0.5) is 0 Å². The van der Waals surface area contributed by atoms with Gasteiger partial charge in [0.05, 0.1) is 6.54 Å². The van der Waals surface area contributed by atoms with Crippen LogP contribution in [0.2, 0.25) is 0 Å². The first kappa shape index (κ1) is 17.7. The fourth-order valence-corrected chi connectivity index (χ4v) is 2.83. The maximum atomic E-state index is 12.8. The maximum absolute atomic E-state index is 12.8. The third kappa shape index (κ3) is 3.68. The molecule has 0 saturated heterocycles. The summed E-state index contributed by atoms with van der Waals surface area (Å²) in [7, 11) is 1.70. The normalized spacial score (nSPS) is 10.8. The molecule has 0 unspecified atom stereocenters. The van der Waals surface area contributed by atoms with E-state index in [1.807, 2.05) is 37.3 Å². The summed E-state index contributed by atoms with van der Waals surface area (Å²) in [5.74, 6) is 2.24. The van der Waals surface area contributed by atoms with E-state index in [4.69, 9.17) is 8.94 Å². The lowest BCUT2D eigenvalue weighted by molar-refractivity contribution is 0.0769. The smallest absolute Gasteiger partial charge is 0.254 e. The zero-order valence-corrected chi connectivity index (χ0v) is 15.5. The Kier molecular flexibility index (Phi) is 4.72. The Hall–Kier alpha value is -3.74. The maximum Gasteiger partial charge on any atom is 0.254 e. The third-order valence-electron chi connectivity index (χ3n) is 4.26. The molecule has 0 aliphatic carbocycles. The van der Waals surface area contributed by atoms with Crippen molar-refractivity contribution in [3.8, 4) is 22.7 Å². The summed E-state index contributed by atoms with van der Waals surface area (Å²) in [6.07, 6.45) is 3.32. The summed E-state index contributed by atoms with van der Waals surface area (Å²) in [4.78, 5) is 22.7. The number of carbonyl (C=O) groups is 1. The van der Waals surface area contributed by atoms with Crippen LogP contribution in [-0.2, 0) is 6.54 Å². The second kappa shape index (κ2) is 7.48. The number of nitrogens with zero attached hydrogens (tertiary/aromatic N) is 4. The Balaban J connectivity index is 1.49. The van der Waals surface area contributed by atoms with Crippen molar-refractivity contribution in [3.63, 3.8) is 0 Å². The second-order valence-corrected chi connectivity index (χ2v) is 6.40. The first-order valence-corrected chi connectivity index (χ1v) is 8.75. The monoisotopic (exact) mass is 374 g/mol. The van der Waals surface area contributed by atoms with Gasteiger partial charge in [-0.25, -0.2) is 0 Å². The summed E-state index contributed by atoms with van der Waals surface area (Å²) in [6, 6.07) is 14.7. The molecule has 0 spiro atoms. The molecule has 0 radical (unpaired) electrons. The minimum Gasteiger partial charge on any atom is -0.461 e. The van der Waals surface area contributed by atoms with E-state index in [2.05, 4.69) is 15.1 Å². The van der Waals surface area contributed by atoms with Crippen LogP contribution in [0.3, 0.4) is 0 Å². The van der Waals surface area contributed by atoms with Gasteiger partial charge in [0, 0.05) is 36.1 Å². The standard InChI is InChI=1S/C21H18N4O3/c1-14-6-7-18(27-14)16-4-3-5-17(12-16)21(26)25(2)13-19-23-20(24-28-19)15-8-10-22-11-9-15/h3-12H,13H2,1-2H3. The van der Waals surface area contributed by atoms with Crippen LogP contribution in [0.5, 0.6) is 0 Å². The molecule has 3 aromatic heterocycles. The van der Waals surface area contributed by atoms with Crippen molar-refractivity contribution in [2.45, 2.75) is 13.5 Å². The lowest BCUT2D eigenvalue weighted by Crippen LogP contribution is -2.26. The van der Waals surface area contributed by atoms with E-state index >= 15 is 0 Å². The molecule has 7 nitrogen and oxygen atoms in total. The molecule has 4 rings (SSSR count). The van der Waals surface area contributed by atoms with Gasteiger partial charge in [-0.1, -0.05) is 17.3 Å². The van der Waals surface area contributed by atoms with Gasteiger partial charge < -0.3 is 13.8 Å². The van der Waals surface area contributed by atoms with Crippen molar-refractivity contribution in [1.29, 1.82) is 0 Å². The second-order valence-electron chi connectivity index (χ2n) is 6.40. The van der Waals surface area contributed by atoms with Gasteiger partial charge in [-0.05, 0) is 43.3 Å². The van der Waals surface area contributed by atoms with Gasteiger partial charge in [0.25, 0.3) is 5.91 Å². The minimum atomic E-state index is -0.145. The number of amides is 1. The van der Waals surface area contributed by atoms with E-state index in [-0.39, 0.29) is 12.5 Å². The summed E-state index contributed by atoms with van der Waals surface area (Å²) >= 11 is 0. The number of aryl methyl sites for hydroxylation is 1. The number of pyridine rings is 1. The van der Waals surface area contributed by atoms with Crippen molar-refractivity contribution < 1.29 is 13.7 Å². The van der Waals surface area contributed by atoms with Gasteiger partial charge in [0.2, 0.25) is 11.7 Å². The minimum absolute atomic E-state index is 0.145. The van der Waals surface area contributed by atoms with Gasteiger partial charge >= 0.3 is 0 Å². The van der Waals surface area contributed by atoms with E-state index in [0.717, 1.165) is 22.6 Å². The van der Waals surface area contributed by atoms with E-state index in [0.29, 0.717) is 17.3 Å². The highest BCUT2D eigenvalue weighted by Gasteiger charge is 2.17. The number of furan rings is 1. The summed E-state index contributed by atoms with van der Waals surface area (Å²) in [5.41, 5.74) is 2.22. The number of hydrogen-bond acceptors (Lipinski definition) is 6. The average molecular weight is 374 g/mol. The Morgan fingerprint density at radius 3 is 2.64 bits per heavy atom.